The normalized spacial score (nSPS) is 10.1. The van der Waals surface area contributed by atoms with Gasteiger partial charge in [-0.05, 0) is 12.5 Å². The molecule has 0 bridgehead atoms. The monoisotopic (exact) mass is 305 g/mol. The van der Waals surface area contributed by atoms with Crippen LogP contribution in [-0.4, -0.2) is 16.5 Å². The molecule has 0 unspecified atom stereocenters. The summed E-state index contributed by atoms with van der Waals surface area (Å²) in [6.07, 6.45) is 0. The van der Waals surface area contributed by atoms with E-state index in [-0.39, 0.29) is 11.5 Å². The Bertz CT molecular complexity index is 608. The predicted molar refractivity (Wildman–Crippen MR) is 83.4 cm³/mol. The second-order valence-corrected chi connectivity index (χ2v) is 4.83. The quantitative estimate of drug-likeness (QED) is 0.478. The maximum absolute atomic E-state index is 10.9. The lowest BCUT2D eigenvalue weighted by molar-refractivity contribution is -0.384. The van der Waals surface area contributed by atoms with Gasteiger partial charge in [0.25, 0.3) is 0 Å². The molecule has 0 fully saturated rings. The van der Waals surface area contributed by atoms with Crippen molar-refractivity contribution in [2.24, 2.45) is 0 Å². The highest BCUT2D eigenvalue weighted by molar-refractivity contribution is 7.94. The maximum atomic E-state index is 10.9. The molecule has 0 aliphatic rings. The third-order valence-corrected chi connectivity index (χ3v) is 3.34. The average Bonchev–Trinajstić information content (AvgIpc) is 2.49. The summed E-state index contributed by atoms with van der Waals surface area (Å²) in [5.41, 5.74) is 1.08. The Hall–Kier alpha value is -2.28. The van der Waals surface area contributed by atoms with Gasteiger partial charge in [0.1, 0.15) is 0 Å². The second kappa shape index (κ2) is 7.49. The minimum absolute atomic E-state index is 0.0581. The van der Waals surface area contributed by atoms with E-state index >= 15 is 0 Å². The molecule has 0 saturated carbocycles. The lowest BCUT2D eigenvalue weighted by Crippen LogP contribution is -2.04. The van der Waals surface area contributed by atoms with Gasteiger partial charge in [0.2, 0.25) is 11.7 Å². The molecule has 0 aliphatic heterocycles. The van der Waals surface area contributed by atoms with E-state index in [9.17, 15) is 10.1 Å². The Morgan fingerprint density at radius 2 is 2.05 bits per heavy atom. The highest BCUT2D eigenvalue weighted by atomic mass is 32.2. The largest absolute Gasteiger partial charge is 0.405 e. The van der Waals surface area contributed by atoms with Gasteiger partial charge >= 0.3 is 5.69 Å². The third kappa shape index (κ3) is 4.35. The number of hydrogen-bond donors (Lipinski definition) is 1. The third-order valence-electron chi connectivity index (χ3n) is 2.60. The van der Waals surface area contributed by atoms with Gasteiger partial charge < -0.3 is 9.50 Å². The van der Waals surface area contributed by atoms with Gasteiger partial charge in [-0.15, -0.1) is 0 Å². The SMILES string of the molecule is CCNc1nc(OSCc2ccccc2)ccc1[N+](=O)[O-]. The van der Waals surface area contributed by atoms with E-state index in [1.807, 2.05) is 37.3 Å². The number of hydrogen-bond acceptors (Lipinski definition) is 6. The molecule has 0 aliphatic carbocycles. The number of benzene rings is 1. The lowest BCUT2D eigenvalue weighted by atomic mass is 10.2. The molecule has 2 rings (SSSR count). The van der Waals surface area contributed by atoms with Crippen molar-refractivity contribution < 1.29 is 9.11 Å². The van der Waals surface area contributed by atoms with Gasteiger partial charge in [-0.3, -0.25) is 10.1 Å². The molecule has 2 aromatic rings. The summed E-state index contributed by atoms with van der Waals surface area (Å²) in [7, 11) is 0. The molecular weight excluding hydrogens is 290 g/mol. The van der Waals surface area contributed by atoms with Crippen LogP contribution in [0.5, 0.6) is 5.88 Å². The van der Waals surface area contributed by atoms with Gasteiger partial charge in [0, 0.05) is 18.7 Å². The van der Waals surface area contributed by atoms with Crippen LogP contribution in [0.3, 0.4) is 0 Å². The lowest BCUT2D eigenvalue weighted by Gasteiger charge is -2.07. The topological polar surface area (TPSA) is 77.3 Å². The minimum Gasteiger partial charge on any atom is -0.405 e. The first-order chi connectivity index (χ1) is 10.2. The molecule has 21 heavy (non-hydrogen) atoms. The van der Waals surface area contributed by atoms with Crippen molar-refractivity contribution >= 4 is 23.5 Å². The van der Waals surface area contributed by atoms with Crippen LogP contribution in [-0.2, 0) is 5.75 Å². The first-order valence-corrected chi connectivity index (χ1v) is 7.34. The fraction of sp³-hybridized carbons (Fsp3) is 0.214. The van der Waals surface area contributed by atoms with Crippen LogP contribution in [0.25, 0.3) is 0 Å². The first kappa shape index (κ1) is 15.1. The van der Waals surface area contributed by atoms with Crippen LogP contribution in [0.2, 0.25) is 0 Å². The van der Waals surface area contributed by atoms with Gasteiger partial charge in [-0.1, -0.05) is 30.3 Å². The summed E-state index contributed by atoms with van der Waals surface area (Å²) in [4.78, 5) is 14.5. The number of pyridine rings is 1. The summed E-state index contributed by atoms with van der Waals surface area (Å²) >= 11 is 1.24. The summed E-state index contributed by atoms with van der Waals surface area (Å²) in [5, 5.41) is 13.8. The Morgan fingerprint density at radius 3 is 2.71 bits per heavy atom. The zero-order valence-corrected chi connectivity index (χ0v) is 12.3. The van der Waals surface area contributed by atoms with Crippen LogP contribution < -0.4 is 9.50 Å². The van der Waals surface area contributed by atoms with Crippen LogP contribution in [0.4, 0.5) is 11.5 Å². The first-order valence-electron chi connectivity index (χ1n) is 6.43. The highest BCUT2D eigenvalue weighted by Gasteiger charge is 2.15. The zero-order valence-electron chi connectivity index (χ0n) is 11.5. The van der Waals surface area contributed by atoms with Crippen molar-refractivity contribution in [1.29, 1.82) is 0 Å². The van der Waals surface area contributed by atoms with E-state index in [1.54, 1.807) is 0 Å². The van der Waals surface area contributed by atoms with E-state index in [0.717, 1.165) is 5.56 Å². The second-order valence-electron chi connectivity index (χ2n) is 4.14. The molecule has 0 amide bonds. The molecule has 7 heteroatoms. The number of nitrogens with zero attached hydrogens (tertiary/aromatic N) is 2. The highest BCUT2D eigenvalue weighted by Crippen LogP contribution is 2.27. The predicted octanol–water partition coefficient (Wildman–Crippen LogP) is 3.65. The zero-order chi connectivity index (χ0) is 15.1. The molecule has 1 aromatic carbocycles. The van der Waals surface area contributed by atoms with Crippen molar-refractivity contribution in [3.05, 3.63) is 58.1 Å². The fourth-order valence-corrected chi connectivity index (χ4v) is 2.26. The molecule has 1 N–H and O–H groups in total. The molecule has 110 valence electrons. The average molecular weight is 305 g/mol. The van der Waals surface area contributed by atoms with Crippen molar-refractivity contribution in [2.75, 3.05) is 11.9 Å². The number of nitro groups is 1. The minimum atomic E-state index is -0.466. The van der Waals surface area contributed by atoms with Gasteiger partial charge in [-0.2, -0.15) is 4.98 Å². The number of nitrogens with one attached hydrogen (secondary N) is 1. The van der Waals surface area contributed by atoms with E-state index in [2.05, 4.69) is 10.3 Å². The smallest absolute Gasteiger partial charge is 0.311 e. The van der Waals surface area contributed by atoms with Gasteiger partial charge in [-0.25, -0.2) is 0 Å². The number of rotatable bonds is 7. The Labute approximate surface area is 126 Å². The van der Waals surface area contributed by atoms with E-state index < -0.39 is 4.92 Å². The maximum Gasteiger partial charge on any atom is 0.311 e. The van der Waals surface area contributed by atoms with Crippen molar-refractivity contribution in [3.8, 4) is 5.88 Å². The molecule has 0 radical (unpaired) electrons. The number of aromatic nitrogens is 1. The van der Waals surface area contributed by atoms with Crippen LogP contribution in [0, 0.1) is 10.1 Å². The van der Waals surface area contributed by atoms with Crippen molar-refractivity contribution in [2.45, 2.75) is 12.7 Å². The molecule has 0 spiro atoms. The standard InChI is InChI=1S/C14H15N3O3S/c1-2-15-14-12(17(18)19)8-9-13(16-14)20-21-10-11-6-4-3-5-7-11/h3-9H,2,10H2,1H3,(H,15,16). The summed E-state index contributed by atoms with van der Waals surface area (Å²) in [6, 6.07) is 12.8. The van der Waals surface area contributed by atoms with Crippen molar-refractivity contribution in [3.63, 3.8) is 0 Å². The number of anilines is 1. The van der Waals surface area contributed by atoms with Gasteiger partial charge in [0.15, 0.2) is 0 Å². The molecule has 1 aromatic heterocycles. The van der Waals surface area contributed by atoms with Crippen molar-refractivity contribution in [1.82, 2.24) is 4.98 Å². The Kier molecular flexibility index (Phi) is 5.39. The fourth-order valence-electron chi connectivity index (χ4n) is 1.66. The summed E-state index contributed by atoms with van der Waals surface area (Å²) < 4.78 is 5.47. The van der Waals surface area contributed by atoms with Crippen LogP contribution in [0.1, 0.15) is 12.5 Å². The molecule has 6 nitrogen and oxygen atoms in total. The Morgan fingerprint density at radius 1 is 1.29 bits per heavy atom. The molecule has 0 saturated heterocycles. The molecule has 0 atom stereocenters. The van der Waals surface area contributed by atoms with E-state index in [4.69, 9.17) is 4.18 Å². The van der Waals surface area contributed by atoms with Crippen LogP contribution >= 0.6 is 12.0 Å². The summed E-state index contributed by atoms with van der Waals surface area (Å²) in [5.74, 6) is 1.24. The Balaban J connectivity index is 2.00. The summed E-state index contributed by atoms with van der Waals surface area (Å²) in [6.45, 7) is 2.40. The van der Waals surface area contributed by atoms with Crippen LogP contribution in [0.15, 0.2) is 42.5 Å². The van der Waals surface area contributed by atoms with E-state index in [0.29, 0.717) is 18.2 Å². The van der Waals surface area contributed by atoms with E-state index in [1.165, 1.54) is 24.2 Å². The molecular formula is C14H15N3O3S. The van der Waals surface area contributed by atoms with Gasteiger partial charge in [0.05, 0.1) is 22.7 Å². The molecule has 1 heterocycles.